The molecule has 0 heterocycles. The van der Waals surface area contributed by atoms with Gasteiger partial charge in [-0.2, -0.15) is 0 Å². The fraction of sp³-hybridized carbons (Fsp3) is 0.833. The van der Waals surface area contributed by atoms with Crippen LogP contribution >= 0.6 is 0 Å². The molecule has 4 saturated carbocycles. The highest BCUT2D eigenvalue weighted by atomic mass is 16.4. The maximum absolute atomic E-state index is 11.5. The first-order valence-electron chi connectivity index (χ1n) is 8.56. The Morgan fingerprint density at radius 3 is 2.25 bits per heavy atom. The molecule has 5 aliphatic carbocycles. The molecule has 4 bridgehead atoms. The monoisotopic (exact) mass is 274 g/mol. The SMILES string of the molecule is O=C(O)CC1(C2C3CC4CC(C3)CC2C4)C=CCCC1. The van der Waals surface area contributed by atoms with Gasteiger partial charge in [-0.1, -0.05) is 12.2 Å². The molecule has 0 spiro atoms. The molecule has 5 aliphatic rings. The summed E-state index contributed by atoms with van der Waals surface area (Å²) in [6.07, 6.45) is 15.5. The average molecular weight is 274 g/mol. The summed E-state index contributed by atoms with van der Waals surface area (Å²) >= 11 is 0. The van der Waals surface area contributed by atoms with Gasteiger partial charge < -0.3 is 5.11 Å². The normalized spacial score (nSPS) is 49.5. The van der Waals surface area contributed by atoms with Crippen LogP contribution in [0, 0.1) is 35.0 Å². The second-order valence-electron chi connectivity index (χ2n) is 8.05. The summed E-state index contributed by atoms with van der Waals surface area (Å²) in [5.41, 5.74) is -0.00725. The van der Waals surface area contributed by atoms with Gasteiger partial charge in [0, 0.05) is 5.41 Å². The van der Waals surface area contributed by atoms with Gasteiger partial charge >= 0.3 is 5.97 Å². The van der Waals surface area contributed by atoms with Gasteiger partial charge in [-0.3, -0.25) is 4.79 Å². The minimum absolute atomic E-state index is 0.00725. The van der Waals surface area contributed by atoms with Gasteiger partial charge in [0.1, 0.15) is 0 Å². The van der Waals surface area contributed by atoms with Crippen LogP contribution in [0.3, 0.4) is 0 Å². The van der Waals surface area contributed by atoms with Gasteiger partial charge in [-0.15, -0.1) is 0 Å². The fourth-order valence-electron chi connectivity index (χ4n) is 6.64. The summed E-state index contributed by atoms with van der Waals surface area (Å²) in [6, 6.07) is 0. The topological polar surface area (TPSA) is 37.3 Å². The number of carboxylic acid groups (broad SMARTS) is 1. The third-order valence-corrected chi connectivity index (χ3v) is 6.83. The van der Waals surface area contributed by atoms with Crippen LogP contribution in [-0.2, 0) is 4.79 Å². The van der Waals surface area contributed by atoms with Crippen LogP contribution in [-0.4, -0.2) is 11.1 Å². The molecule has 0 aliphatic heterocycles. The second-order valence-corrected chi connectivity index (χ2v) is 8.05. The Morgan fingerprint density at radius 1 is 1.10 bits per heavy atom. The van der Waals surface area contributed by atoms with E-state index in [1.165, 1.54) is 38.5 Å². The van der Waals surface area contributed by atoms with Gasteiger partial charge in [-0.25, -0.2) is 0 Å². The third-order valence-electron chi connectivity index (χ3n) is 6.83. The van der Waals surface area contributed by atoms with Crippen LogP contribution in [0.2, 0.25) is 0 Å². The van der Waals surface area contributed by atoms with Crippen molar-refractivity contribution in [2.24, 2.45) is 35.0 Å². The van der Waals surface area contributed by atoms with Crippen molar-refractivity contribution in [3.63, 3.8) is 0 Å². The maximum atomic E-state index is 11.5. The Kier molecular flexibility index (Phi) is 2.98. The van der Waals surface area contributed by atoms with Gasteiger partial charge in [0.2, 0.25) is 0 Å². The lowest BCUT2D eigenvalue weighted by molar-refractivity contribution is -0.144. The van der Waals surface area contributed by atoms with Crippen LogP contribution < -0.4 is 0 Å². The van der Waals surface area contributed by atoms with Crippen molar-refractivity contribution >= 4 is 5.97 Å². The summed E-state index contributed by atoms with van der Waals surface area (Å²) in [6.45, 7) is 0. The van der Waals surface area contributed by atoms with E-state index in [2.05, 4.69) is 12.2 Å². The van der Waals surface area contributed by atoms with E-state index in [4.69, 9.17) is 0 Å². The number of hydrogen-bond donors (Lipinski definition) is 1. The van der Waals surface area contributed by atoms with E-state index in [1.807, 2.05) is 0 Å². The van der Waals surface area contributed by atoms with Crippen LogP contribution in [0.15, 0.2) is 12.2 Å². The van der Waals surface area contributed by atoms with Crippen LogP contribution in [0.5, 0.6) is 0 Å². The molecule has 4 fully saturated rings. The first-order valence-corrected chi connectivity index (χ1v) is 8.56. The molecule has 0 saturated heterocycles. The lowest BCUT2D eigenvalue weighted by atomic mass is 9.45. The van der Waals surface area contributed by atoms with E-state index < -0.39 is 5.97 Å². The second kappa shape index (κ2) is 4.61. The van der Waals surface area contributed by atoms with E-state index in [0.717, 1.165) is 36.5 Å². The molecular formula is C18H26O2. The van der Waals surface area contributed by atoms with Gasteiger partial charge in [-0.05, 0) is 81.0 Å². The smallest absolute Gasteiger partial charge is 0.304 e. The third kappa shape index (κ3) is 1.95. The standard InChI is InChI=1S/C18H26O2/c19-16(20)11-18(4-2-1-3-5-18)17-14-7-12-6-13(9-14)10-15(17)8-12/h2,4,12-15,17H,1,3,5-11H2,(H,19,20). The van der Waals surface area contributed by atoms with Crippen molar-refractivity contribution in [3.8, 4) is 0 Å². The first kappa shape index (κ1) is 12.9. The predicted molar refractivity (Wildman–Crippen MR) is 78.2 cm³/mol. The van der Waals surface area contributed by atoms with Crippen molar-refractivity contribution < 1.29 is 9.90 Å². The van der Waals surface area contributed by atoms with Crippen LogP contribution in [0.4, 0.5) is 0 Å². The Hall–Kier alpha value is -0.790. The van der Waals surface area contributed by atoms with E-state index in [0.29, 0.717) is 12.3 Å². The fourth-order valence-corrected chi connectivity index (χ4v) is 6.64. The first-order chi connectivity index (χ1) is 9.66. The van der Waals surface area contributed by atoms with E-state index in [-0.39, 0.29) is 5.41 Å². The van der Waals surface area contributed by atoms with E-state index >= 15 is 0 Å². The minimum atomic E-state index is -0.592. The van der Waals surface area contributed by atoms with Crippen LogP contribution in [0.1, 0.15) is 57.8 Å². The zero-order valence-electron chi connectivity index (χ0n) is 12.3. The van der Waals surface area contributed by atoms with Crippen molar-refractivity contribution in [1.29, 1.82) is 0 Å². The van der Waals surface area contributed by atoms with E-state index in [9.17, 15) is 9.90 Å². The highest BCUT2D eigenvalue weighted by Crippen LogP contribution is 2.63. The zero-order chi connectivity index (χ0) is 13.7. The highest BCUT2D eigenvalue weighted by Gasteiger charge is 2.55. The molecule has 0 aromatic rings. The average Bonchev–Trinajstić information content (AvgIpc) is 2.37. The molecule has 1 atom stereocenters. The molecular weight excluding hydrogens is 248 g/mol. The number of rotatable bonds is 3. The quantitative estimate of drug-likeness (QED) is 0.781. The molecule has 1 N–H and O–H groups in total. The van der Waals surface area contributed by atoms with E-state index in [1.54, 1.807) is 0 Å². The summed E-state index contributed by atoms with van der Waals surface area (Å²) in [5.74, 6) is 3.68. The molecule has 0 aromatic heterocycles. The number of allylic oxidation sites excluding steroid dienone is 2. The van der Waals surface area contributed by atoms with Crippen molar-refractivity contribution in [3.05, 3.63) is 12.2 Å². The Morgan fingerprint density at radius 2 is 1.75 bits per heavy atom. The maximum Gasteiger partial charge on any atom is 0.304 e. The van der Waals surface area contributed by atoms with Crippen molar-refractivity contribution in [2.75, 3.05) is 0 Å². The number of carbonyl (C=O) groups is 1. The summed E-state index contributed by atoms with van der Waals surface area (Å²) < 4.78 is 0. The summed E-state index contributed by atoms with van der Waals surface area (Å²) in [7, 11) is 0. The van der Waals surface area contributed by atoms with Gasteiger partial charge in [0.05, 0.1) is 6.42 Å². The lowest BCUT2D eigenvalue weighted by Crippen LogP contribution is -2.52. The minimum Gasteiger partial charge on any atom is -0.481 e. The molecule has 0 aromatic carbocycles. The largest absolute Gasteiger partial charge is 0.481 e. The Labute approximate surface area is 121 Å². The number of aliphatic carboxylic acids is 1. The molecule has 110 valence electrons. The molecule has 0 radical (unpaired) electrons. The Balaban J connectivity index is 1.67. The van der Waals surface area contributed by atoms with Crippen LogP contribution in [0.25, 0.3) is 0 Å². The molecule has 20 heavy (non-hydrogen) atoms. The predicted octanol–water partition coefficient (Wildman–Crippen LogP) is 4.26. The summed E-state index contributed by atoms with van der Waals surface area (Å²) in [4.78, 5) is 11.5. The number of hydrogen-bond acceptors (Lipinski definition) is 1. The molecule has 5 rings (SSSR count). The highest BCUT2D eigenvalue weighted by molar-refractivity contribution is 5.68. The zero-order valence-corrected chi connectivity index (χ0v) is 12.3. The lowest BCUT2D eigenvalue weighted by Gasteiger charge is -2.60. The molecule has 0 amide bonds. The Bertz CT molecular complexity index is 411. The molecule has 2 heteroatoms. The number of carboxylic acids is 1. The molecule has 2 nitrogen and oxygen atoms in total. The summed E-state index contributed by atoms with van der Waals surface area (Å²) in [5, 5.41) is 9.45. The van der Waals surface area contributed by atoms with Crippen molar-refractivity contribution in [2.45, 2.75) is 57.8 Å². The van der Waals surface area contributed by atoms with Gasteiger partial charge in [0.15, 0.2) is 0 Å². The molecule has 1 unspecified atom stereocenters. The van der Waals surface area contributed by atoms with Gasteiger partial charge in [0.25, 0.3) is 0 Å². The van der Waals surface area contributed by atoms with Crippen molar-refractivity contribution in [1.82, 2.24) is 0 Å².